The maximum atomic E-state index is 4.64. The first-order valence-corrected chi connectivity index (χ1v) is 7.75. The van der Waals surface area contributed by atoms with Gasteiger partial charge in [0.25, 0.3) is 0 Å². The van der Waals surface area contributed by atoms with Gasteiger partial charge in [0.05, 0.1) is 5.52 Å². The molecule has 0 saturated heterocycles. The largest absolute Gasteiger partial charge is 0.310 e. The first kappa shape index (κ1) is 15.5. The third kappa shape index (κ3) is 4.06. The van der Waals surface area contributed by atoms with Gasteiger partial charge in [-0.1, -0.05) is 25.1 Å². The number of benzene rings is 1. The van der Waals surface area contributed by atoms with E-state index in [0.717, 1.165) is 37.0 Å². The molecule has 0 aliphatic carbocycles. The van der Waals surface area contributed by atoms with E-state index in [1.807, 2.05) is 6.92 Å². The highest BCUT2D eigenvalue weighted by atomic mass is 14.9. The molecule has 0 saturated carbocycles. The second-order valence-corrected chi connectivity index (χ2v) is 5.34. The normalized spacial score (nSPS) is 12.0. The van der Waals surface area contributed by atoms with Crippen LogP contribution in [-0.4, -0.2) is 11.5 Å². The zero-order chi connectivity index (χ0) is 15.1. The van der Waals surface area contributed by atoms with Crippen molar-refractivity contribution in [2.24, 2.45) is 0 Å². The van der Waals surface area contributed by atoms with Crippen molar-refractivity contribution < 1.29 is 0 Å². The zero-order valence-electron chi connectivity index (χ0n) is 13.2. The van der Waals surface area contributed by atoms with Crippen LogP contribution in [-0.2, 0) is 0 Å². The molecule has 2 heteroatoms. The Morgan fingerprint density at radius 1 is 1.29 bits per heavy atom. The number of aryl methyl sites for hydroxylation is 1. The molecule has 0 amide bonds. The van der Waals surface area contributed by atoms with Gasteiger partial charge in [-0.3, -0.25) is 4.98 Å². The van der Waals surface area contributed by atoms with Gasteiger partial charge in [0.15, 0.2) is 0 Å². The summed E-state index contributed by atoms with van der Waals surface area (Å²) < 4.78 is 0. The van der Waals surface area contributed by atoms with Crippen molar-refractivity contribution in [1.29, 1.82) is 0 Å². The Bertz CT molecular complexity index is 649. The molecular weight excluding hydrogens is 256 g/mol. The average Bonchev–Trinajstić information content (AvgIpc) is 2.50. The van der Waals surface area contributed by atoms with Crippen molar-refractivity contribution in [1.82, 2.24) is 10.3 Å². The summed E-state index contributed by atoms with van der Waals surface area (Å²) in [5.41, 5.74) is 3.51. The third-order valence-corrected chi connectivity index (χ3v) is 3.63. The molecular formula is C19H24N2. The summed E-state index contributed by atoms with van der Waals surface area (Å²) in [5.74, 6) is 6.17. The number of pyridine rings is 1. The van der Waals surface area contributed by atoms with E-state index in [-0.39, 0.29) is 0 Å². The van der Waals surface area contributed by atoms with E-state index in [1.54, 1.807) is 0 Å². The first-order chi connectivity index (χ1) is 10.3. The summed E-state index contributed by atoms with van der Waals surface area (Å²) in [4.78, 5) is 4.64. The molecule has 1 unspecified atom stereocenters. The Hall–Kier alpha value is -1.85. The number of nitrogens with zero attached hydrogens (tertiary/aromatic N) is 1. The summed E-state index contributed by atoms with van der Waals surface area (Å²) in [5, 5.41) is 4.92. The molecule has 1 aromatic carbocycles. The van der Waals surface area contributed by atoms with Crippen LogP contribution in [0.5, 0.6) is 0 Å². The van der Waals surface area contributed by atoms with Gasteiger partial charge in [-0.25, -0.2) is 0 Å². The zero-order valence-corrected chi connectivity index (χ0v) is 13.2. The topological polar surface area (TPSA) is 24.9 Å². The summed E-state index contributed by atoms with van der Waals surface area (Å²) in [6.07, 6.45) is 3.10. The van der Waals surface area contributed by atoms with Gasteiger partial charge in [0.2, 0.25) is 0 Å². The minimum absolute atomic E-state index is 0.345. The fourth-order valence-corrected chi connectivity index (χ4v) is 2.66. The highest BCUT2D eigenvalue weighted by Gasteiger charge is 2.14. The molecule has 1 N–H and O–H groups in total. The summed E-state index contributed by atoms with van der Waals surface area (Å²) in [6.45, 7) is 7.20. The van der Waals surface area contributed by atoms with E-state index in [1.165, 1.54) is 10.9 Å². The van der Waals surface area contributed by atoms with Crippen molar-refractivity contribution >= 4 is 10.9 Å². The van der Waals surface area contributed by atoms with Crippen molar-refractivity contribution in [3.8, 4) is 11.8 Å². The number of nitrogens with one attached hydrogen (secondary N) is 1. The molecule has 0 radical (unpaired) electrons. The number of para-hydroxylation sites is 1. The lowest BCUT2D eigenvalue weighted by atomic mass is 9.97. The number of hydrogen-bond donors (Lipinski definition) is 1. The molecule has 2 nitrogen and oxygen atoms in total. The van der Waals surface area contributed by atoms with Gasteiger partial charge in [0.1, 0.15) is 0 Å². The van der Waals surface area contributed by atoms with Crippen LogP contribution in [0.15, 0.2) is 30.3 Å². The third-order valence-electron chi connectivity index (χ3n) is 3.63. The molecule has 0 fully saturated rings. The van der Waals surface area contributed by atoms with Crippen LogP contribution in [0.25, 0.3) is 10.9 Å². The minimum atomic E-state index is 0.345. The molecule has 0 aliphatic rings. The molecule has 1 heterocycles. The van der Waals surface area contributed by atoms with Crippen LogP contribution < -0.4 is 5.32 Å². The van der Waals surface area contributed by atoms with Gasteiger partial charge < -0.3 is 5.32 Å². The second kappa shape index (κ2) is 7.81. The average molecular weight is 280 g/mol. The molecule has 0 aliphatic heterocycles. The van der Waals surface area contributed by atoms with E-state index < -0.39 is 0 Å². The number of hydrogen-bond acceptors (Lipinski definition) is 2. The van der Waals surface area contributed by atoms with Crippen LogP contribution in [0.1, 0.15) is 50.4 Å². The van der Waals surface area contributed by atoms with E-state index in [4.69, 9.17) is 0 Å². The fraction of sp³-hybridized carbons (Fsp3) is 0.421. The maximum absolute atomic E-state index is 4.64. The number of fused-ring (bicyclic) bond motifs is 1. The van der Waals surface area contributed by atoms with Crippen molar-refractivity contribution in [2.45, 2.75) is 46.1 Å². The van der Waals surface area contributed by atoms with Crippen LogP contribution in [0.2, 0.25) is 0 Å². The molecule has 21 heavy (non-hydrogen) atoms. The van der Waals surface area contributed by atoms with Gasteiger partial charge in [-0.2, -0.15) is 0 Å². The molecule has 2 rings (SSSR count). The van der Waals surface area contributed by atoms with Gasteiger partial charge in [-0.05, 0) is 50.9 Å². The second-order valence-electron chi connectivity index (χ2n) is 5.34. The van der Waals surface area contributed by atoms with E-state index >= 15 is 0 Å². The molecule has 2 aromatic rings. The number of aromatic nitrogens is 1. The minimum Gasteiger partial charge on any atom is -0.310 e. The Morgan fingerprint density at radius 2 is 2.10 bits per heavy atom. The lowest BCUT2D eigenvalue weighted by Crippen LogP contribution is -2.22. The predicted molar refractivity (Wildman–Crippen MR) is 90.2 cm³/mol. The summed E-state index contributed by atoms with van der Waals surface area (Å²) >= 11 is 0. The summed E-state index contributed by atoms with van der Waals surface area (Å²) in [6, 6.07) is 11.0. The fourth-order valence-electron chi connectivity index (χ4n) is 2.66. The molecule has 1 aromatic heterocycles. The van der Waals surface area contributed by atoms with Crippen molar-refractivity contribution in [3.63, 3.8) is 0 Å². The van der Waals surface area contributed by atoms with E-state index in [0.29, 0.717) is 6.04 Å². The quantitative estimate of drug-likeness (QED) is 0.794. The predicted octanol–water partition coefficient (Wildman–Crippen LogP) is 4.39. The molecule has 0 bridgehead atoms. The van der Waals surface area contributed by atoms with Crippen molar-refractivity contribution in [3.05, 3.63) is 41.6 Å². The Labute approximate surface area is 128 Å². The molecule has 0 spiro atoms. The lowest BCUT2D eigenvalue weighted by molar-refractivity contribution is 0.508. The summed E-state index contributed by atoms with van der Waals surface area (Å²) in [7, 11) is 0. The van der Waals surface area contributed by atoms with Crippen LogP contribution in [0.3, 0.4) is 0 Å². The highest BCUT2D eigenvalue weighted by molar-refractivity contribution is 5.82. The first-order valence-electron chi connectivity index (χ1n) is 7.75. The van der Waals surface area contributed by atoms with Crippen LogP contribution in [0.4, 0.5) is 0 Å². The Morgan fingerprint density at radius 3 is 2.86 bits per heavy atom. The smallest absolute Gasteiger partial charge is 0.0708 e. The van der Waals surface area contributed by atoms with Crippen LogP contribution in [0, 0.1) is 18.8 Å². The van der Waals surface area contributed by atoms with Gasteiger partial charge in [-0.15, -0.1) is 11.8 Å². The lowest BCUT2D eigenvalue weighted by Gasteiger charge is -2.20. The van der Waals surface area contributed by atoms with Gasteiger partial charge >= 0.3 is 0 Å². The SMILES string of the molecule is CC#CCCC(NCCC)c1cc(C)nc2ccccc12. The monoisotopic (exact) mass is 280 g/mol. The highest BCUT2D eigenvalue weighted by Crippen LogP contribution is 2.27. The Balaban J connectivity index is 2.38. The number of rotatable bonds is 6. The molecule has 110 valence electrons. The molecule has 1 atom stereocenters. The van der Waals surface area contributed by atoms with Crippen LogP contribution >= 0.6 is 0 Å². The van der Waals surface area contributed by atoms with Gasteiger partial charge in [0, 0.05) is 23.5 Å². The van der Waals surface area contributed by atoms with E-state index in [2.05, 4.69) is 66.3 Å². The maximum Gasteiger partial charge on any atom is 0.0708 e. The standard InChI is InChI=1S/C19H24N2/c1-4-6-7-11-18(20-13-5-2)17-14-15(3)21-19-12-9-8-10-16(17)19/h8-10,12,14,18,20H,5,7,11,13H2,1-3H3. The van der Waals surface area contributed by atoms with E-state index in [9.17, 15) is 0 Å². The Kier molecular flexibility index (Phi) is 5.78. The van der Waals surface area contributed by atoms with Crippen molar-refractivity contribution in [2.75, 3.05) is 6.54 Å².